The van der Waals surface area contributed by atoms with Gasteiger partial charge in [-0.3, -0.25) is 9.59 Å². The predicted molar refractivity (Wildman–Crippen MR) is 120 cm³/mol. The molecule has 0 spiro atoms. The summed E-state index contributed by atoms with van der Waals surface area (Å²) >= 11 is 0. The summed E-state index contributed by atoms with van der Waals surface area (Å²) in [5.41, 5.74) is 2.06. The van der Waals surface area contributed by atoms with Crippen LogP contribution in [0.4, 0.5) is 5.69 Å². The minimum atomic E-state index is -3.55. The van der Waals surface area contributed by atoms with Gasteiger partial charge in [-0.2, -0.15) is 4.31 Å². The summed E-state index contributed by atoms with van der Waals surface area (Å²) < 4.78 is 26.7. The molecule has 162 valence electrons. The van der Waals surface area contributed by atoms with Gasteiger partial charge in [0.25, 0.3) is 5.91 Å². The second kappa shape index (κ2) is 9.03. The van der Waals surface area contributed by atoms with Crippen molar-refractivity contribution in [2.75, 3.05) is 37.6 Å². The summed E-state index contributed by atoms with van der Waals surface area (Å²) in [5, 5.41) is 1.22. The Bertz CT molecular complexity index is 1090. The average Bonchev–Trinajstić information content (AvgIpc) is 3.24. The van der Waals surface area contributed by atoms with E-state index in [0.717, 1.165) is 17.7 Å². The highest BCUT2D eigenvalue weighted by Gasteiger charge is 2.28. The Morgan fingerprint density at radius 3 is 2.32 bits per heavy atom. The molecular formula is C23H25N3O4S. The van der Waals surface area contributed by atoms with Gasteiger partial charge in [0.1, 0.15) is 0 Å². The molecule has 2 saturated heterocycles. The van der Waals surface area contributed by atoms with Crippen molar-refractivity contribution >= 4 is 33.6 Å². The minimum absolute atomic E-state index is 0.0759. The monoisotopic (exact) mass is 439 g/mol. The van der Waals surface area contributed by atoms with Crippen LogP contribution in [0.15, 0.2) is 60.0 Å². The van der Waals surface area contributed by atoms with E-state index in [1.807, 2.05) is 36.4 Å². The van der Waals surface area contributed by atoms with Crippen LogP contribution in [0.2, 0.25) is 0 Å². The van der Waals surface area contributed by atoms with Crippen LogP contribution >= 0.6 is 0 Å². The first-order chi connectivity index (χ1) is 14.9. The van der Waals surface area contributed by atoms with Crippen molar-refractivity contribution in [1.82, 2.24) is 9.21 Å². The number of rotatable bonds is 5. The Balaban J connectivity index is 1.39. The van der Waals surface area contributed by atoms with Gasteiger partial charge in [-0.1, -0.05) is 36.4 Å². The van der Waals surface area contributed by atoms with Crippen LogP contribution < -0.4 is 4.90 Å². The highest BCUT2D eigenvalue weighted by molar-refractivity contribution is 7.92. The number of carbonyl (C=O) groups is 2. The summed E-state index contributed by atoms with van der Waals surface area (Å²) in [6, 6.07) is 16.4. The molecule has 2 aromatic rings. The molecule has 2 aliphatic heterocycles. The van der Waals surface area contributed by atoms with Gasteiger partial charge in [-0.15, -0.1) is 0 Å². The van der Waals surface area contributed by atoms with Crippen LogP contribution in [0.5, 0.6) is 0 Å². The van der Waals surface area contributed by atoms with E-state index in [2.05, 4.69) is 0 Å². The molecule has 4 rings (SSSR count). The molecule has 0 aromatic heterocycles. The fourth-order valence-corrected chi connectivity index (χ4v) is 5.04. The topological polar surface area (TPSA) is 78.0 Å². The average molecular weight is 440 g/mol. The molecule has 2 aromatic carbocycles. The lowest BCUT2D eigenvalue weighted by Crippen LogP contribution is -2.50. The van der Waals surface area contributed by atoms with Crippen LogP contribution in [0.25, 0.3) is 6.08 Å². The summed E-state index contributed by atoms with van der Waals surface area (Å²) in [4.78, 5) is 28.3. The highest BCUT2D eigenvalue weighted by atomic mass is 32.2. The van der Waals surface area contributed by atoms with Crippen molar-refractivity contribution in [2.45, 2.75) is 12.8 Å². The molecule has 0 radical (unpaired) electrons. The Labute approximate surface area is 182 Å². The van der Waals surface area contributed by atoms with Crippen molar-refractivity contribution in [3.8, 4) is 0 Å². The van der Waals surface area contributed by atoms with E-state index in [1.165, 1.54) is 9.71 Å². The molecule has 31 heavy (non-hydrogen) atoms. The molecule has 7 nitrogen and oxygen atoms in total. The van der Waals surface area contributed by atoms with Gasteiger partial charge in [-0.05, 0) is 36.3 Å². The zero-order valence-corrected chi connectivity index (χ0v) is 18.0. The van der Waals surface area contributed by atoms with Crippen molar-refractivity contribution in [3.63, 3.8) is 0 Å². The Kier molecular flexibility index (Phi) is 6.20. The maximum atomic E-state index is 13.0. The molecule has 2 amide bonds. The van der Waals surface area contributed by atoms with Gasteiger partial charge >= 0.3 is 0 Å². The SMILES string of the molecule is O=C(c1cccc(N2CCCC2=O)c1)N1CCN(S(=O)(=O)C=Cc2ccccc2)CC1. The van der Waals surface area contributed by atoms with Gasteiger partial charge in [-0.25, -0.2) is 8.42 Å². The normalized spacial score (nSPS) is 18.1. The lowest BCUT2D eigenvalue weighted by atomic mass is 10.1. The molecule has 8 heteroatoms. The summed E-state index contributed by atoms with van der Waals surface area (Å²) in [5.74, 6) is -0.0719. The highest BCUT2D eigenvalue weighted by Crippen LogP contribution is 2.23. The third-order valence-corrected chi connectivity index (χ3v) is 7.16. The smallest absolute Gasteiger partial charge is 0.254 e. The molecule has 2 heterocycles. The fourth-order valence-electron chi connectivity index (χ4n) is 3.87. The quantitative estimate of drug-likeness (QED) is 0.717. The van der Waals surface area contributed by atoms with Crippen LogP contribution in [0, 0.1) is 0 Å². The number of nitrogens with zero attached hydrogens (tertiary/aromatic N) is 3. The van der Waals surface area contributed by atoms with Crippen molar-refractivity contribution in [2.24, 2.45) is 0 Å². The number of sulfonamides is 1. The maximum absolute atomic E-state index is 13.0. The van der Waals surface area contributed by atoms with Gasteiger partial charge in [0.15, 0.2) is 0 Å². The molecule has 2 aliphatic rings. The van der Waals surface area contributed by atoms with Gasteiger partial charge in [0, 0.05) is 55.8 Å². The molecule has 0 atom stereocenters. The van der Waals surface area contributed by atoms with Crippen LogP contribution in [-0.2, 0) is 14.8 Å². The maximum Gasteiger partial charge on any atom is 0.254 e. The number of hydrogen-bond donors (Lipinski definition) is 0. The van der Waals surface area contributed by atoms with E-state index in [0.29, 0.717) is 31.6 Å². The number of hydrogen-bond acceptors (Lipinski definition) is 4. The van der Waals surface area contributed by atoms with Crippen molar-refractivity contribution < 1.29 is 18.0 Å². The Hall–Kier alpha value is -2.97. The van der Waals surface area contributed by atoms with E-state index < -0.39 is 10.0 Å². The molecule has 0 N–H and O–H groups in total. The molecular weight excluding hydrogens is 414 g/mol. The van der Waals surface area contributed by atoms with Gasteiger partial charge < -0.3 is 9.80 Å². The van der Waals surface area contributed by atoms with Gasteiger partial charge in [0.2, 0.25) is 15.9 Å². The first-order valence-electron chi connectivity index (χ1n) is 10.4. The number of amides is 2. The number of piperazine rings is 1. The van der Waals surface area contributed by atoms with Gasteiger partial charge in [0.05, 0.1) is 0 Å². The summed E-state index contributed by atoms with van der Waals surface area (Å²) in [6.07, 6.45) is 2.94. The van der Waals surface area contributed by atoms with Crippen LogP contribution in [0.1, 0.15) is 28.8 Å². The number of anilines is 1. The Morgan fingerprint density at radius 2 is 1.65 bits per heavy atom. The van der Waals surface area contributed by atoms with E-state index in [9.17, 15) is 18.0 Å². The molecule has 0 aliphatic carbocycles. The second-order valence-electron chi connectivity index (χ2n) is 7.65. The van der Waals surface area contributed by atoms with Crippen LogP contribution in [0.3, 0.4) is 0 Å². The lowest BCUT2D eigenvalue weighted by molar-refractivity contribution is -0.117. The molecule has 0 unspecified atom stereocenters. The third kappa shape index (κ3) is 4.86. The largest absolute Gasteiger partial charge is 0.336 e. The summed E-state index contributed by atoms with van der Waals surface area (Å²) in [6.45, 7) is 1.81. The van der Waals surface area contributed by atoms with E-state index in [4.69, 9.17) is 0 Å². The zero-order chi connectivity index (χ0) is 21.8. The van der Waals surface area contributed by atoms with Crippen LogP contribution in [-0.4, -0.2) is 62.2 Å². The van der Waals surface area contributed by atoms with E-state index in [-0.39, 0.29) is 24.9 Å². The fraction of sp³-hybridized carbons (Fsp3) is 0.304. The van der Waals surface area contributed by atoms with Crippen molar-refractivity contribution in [1.29, 1.82) is 0 Å². The Morgan fingerprint density at radius 1 is 0.903 bits per heavy atom. The van der Waals surface area contributed by atoms with Crippen molar-refractivity contribution in [3.05, 3.63) is 71.1 Å². The summed E-state index contributed by atoms with van der Waals surface area (Å²) in [7, 11) is -3.55. The first-order valence-corrected chi connectivity index (χ1v) is 11.9. The molecule has 0 saturated carbocycles. The molecule has 2 fully saturated rings. The molecule has 0 bridgehead atoms. The number of carbonyl (C=O) groups excluding carboxylic acids is 2. The lowest BCUT2D eigenvalue weighted by Gasteiger charge is -2.33. The minimum Gasteiger partial charge on any atom is -0.336 e. The number of benzene rings is 2. The zero-order valence-electron chi connectivity index (χ0n) is 17.2. The second-order valence-corrected chi connectivity index (χ2v) is 9.47. The first kappa shape index (κ1) is 21.3. The standard InChI is InChI=1S/C23H25N3O4S/c27-22-10-5-12-26(22)21-9-4-8-20(18-21)23(28)24-13-15-25(16-14-24)31(29,30)17-11-19-6-2-1-3-7-19/h1-4,6-9,11,17-18H,5,10,12-16H2. The third-order valence-electron chi connectivity index (χ3n) is 5.60. The van der Waals surface area contributed by atoms with E-state index >= 15 is 0 Å². The van der Waals surface area contributed by atoms with E-state index in [1.54, 1.807) is 34.1 Å². The predicted octanol–water partition coefficient (Wildman–Crippen LogP) is 2.57.